The van der Waals surface area contributed by atoms with Gasteiger partial charge in [-0.05, 0) is 11.6 Å². The van der Waals surface area contributed by atoms with Crippen LogP contribution in [0, 0.1) is 10.1 Å². The minimum absolute atomic E-state index is 0. The van der Waals surface area contributed by atoms with Crippen molar-refractivity contribution in [1.82, 2.24) is 14.9 Å². The van der Waals surface area contributed by atoms with Crippen molar-refractivity contribution in [2.24, 2.45) is 4.99 Å². The van der Waals surface area contributed by atoms with Gasteiger partial charge < -0.3 is 10.2 Å². The zero-order valence-corrected chi connectivity index (χ0v) is 19.3. The molecule has 0 aliphatic heterocycles. The van der Waals surface area contributed by atoms with Crippen LogP contribution in [-0.2, 0) is 16.6 Å². The molecule has 0 saturated carbocycles. The molecule has 0 heterocycles. The molecule has 0 unspecified atom stereocenters. The number of nitrogens with zero attached hydrogens (tertiary/aromatic N) is 3. The highest BCUT2D eigenvalue weighted by Crippen LogP contribution is 2.16. The molecule has 0 fully saturated rings. The first-order valence-electron chi connectivity index (χ1n) is 8.53. The molecule has 0 bridgehead atoms. The molecule has 29 heavy (non-hydrogen) atoms. The summed E-state index contributed by atoms with van der Waals surface area (Å²) in [6.07, 6.45) is 0. The van der Waals surface area contributed by atoms with E-state index >= 15 is 0 Å². The van der Waals surface area contributed by atoms with Crippen molar-refractivity contribution in [2.45, 2.75) is 11.4 Å². The summed E-state index contributed by atoms with van der Waals surface area (Å²) in [5, 5.41) is 13.9. The number of nitro benzene ring substituents is 1. The summed E-state index contributed by atoms with van der Waals surface area (Å²) < 4.78 is 27.0. The van der Waals surface area contributed by atoms with Gasteiger partial charge in [0.15, 0.2) is 5.96 Å². The van der Waals surface area contributed by atoms with Gasteiger partial charge in [0, 0.05) is 45.9 Å². The second-order valence-corrected chi connectivity index (χ2v) is 7.73. The summed E-state index contributed by atoms with van der Waals surface area (Å²) in [5.74, 6) is 0.624. The van der Waals surface area contributed by atoms with E-state index in [4.69, 9.17) is 0 Å². The molecular formula is C18H24IN5O4S. The van der Waals surface area contributed by atoms with Gasteiger partial charge in [0.1, 0.15) is 0 Å². The Kier molecular flexibility index (Phi) is 9.98. The number of nitro groups is 1. The molecule has 0 amide bonds. The third-order valence-electron chi connectivity index (χ3n) is 3.87. The van der Waals surface area contributed by atoms with Crippen molar-refractivity contribution in [1.29, 1.82) is 0 Å². The number of non-ortho nitro benzene ring substituents is 1. The quantitative estimate of drug-likeness (QED) is 0.134. The van der Waals surface area contributed by atoms with Crippen molar-refractivity contribution in [2.75, 3.05) is 27.2 Å². The summed E-state index contributed by atoms with van der Waals surface area (Å²) in [6, 6.07) is 14.8. The van der Waals surface area contributed by atoms with Crippen LogP contribution in [0.4, 0.5) is 5.69 Å². The van der Waals surface area contributed by atoms with Crippen LogP contribution < -0.4 is 10.0 Å². The highest BCUT2D eigenvalue weighted by molar-refractivity contribution is 14.0. The fraction of sp³-hybridized carbons (Fsp3) is 0.278. The number of sulfonamides is 1. The second kappa shape index (κ2) is 11.7. The Morgan fingerprint density at radius 2 is 1.83 bits per heavy atom. The Labute approximate surface area is 187 Å². The Morgan fingerprint density at radius 1 is 1.14 bits per heavy atom. The van der Waals surface area contributed by atoms with Gasteiger partial charge in [0.25, 0.3) is 5.69 Å². The molecule has 0 atom stereocenters. The van der Waals surface area contributed by atoms with E-state index in [0.717, 1.165) is 11.6 Å². The van der Waals surface area contributed by atoms with Crippen LogP contribution in [0.2, 0.25) is 0 Å². The van der Waals surface area contributed by atoms with Crippen molar-refractivity contribution in [3.63, 3.8) is 0 Å². The van der Waals surface area contributed by atoms with E-state index in [1.807, 2.05) is 42.3 Å². The van der Waals surface area contributed by atoms with Gasteiger partial charge in [0.2, 0.25) is 10.0 Å². The predicted molar refractivity (Wildman–Crippen MR) is 123 cm³/mol. The van der Waals surface area contributed by atoms with Crippen molar-refractivity contribution in [3.05, 3.63) is 70.3 Å². The summed E-state index contributed by atoms with van der Waals surface area (Å²) in [7, 11) is -0.303. The number of hydrogen-bond donors (Lipinski definition) is 2. The minimum Gasteiger partial charge on any atom is -0.355 e. The highest BCUT2D eigenvalue weighted by Gasteiger charge is 2.17. The molecule has 9 nitrogen and oxygen atoms in total. The normalized spacial score (nSPS) is 11.4. The molecule has 11 heteroatoms. The molecule has 0 aliphatic rings. The lowest BCUT2D eigenvalue weighted by Crippen LogP contribution is -2.42. The number of halogens is 1. The Balaban J connectivity index is 0.00000420. The van der Waals surface area contributed by atoms with Gasteiger partial charge in [0.05, 0.1) is 9.82 Å². The molecule has 2 N–H and O–H groups in total. The lowest BCUT2D eigenvalue weighted by atomic mass is 10.2. The maximum Gasteiger partial charge on any atom is 0.270 e. The number of nitrogens with one attached hydrogen (secondary N) is 2. The van der Waals surface area contributed by atoms with Crippen molar-refractivity contribution < 1.29 is 13.3 Å². The van der Waals surface area contributed by atoms with E-state index in [1.165, 1.54) is 18.2 Å². The van der Waals surface area contributed by atoms with Gasteiger partial charge in [-0.3, -0.25) is 15.1 Å². The molecular weight excluding hydrogens is 509 g/mol. The zero-order valence-electron chi connectivity index (χ0n) is 16.1. The average molecular weight is 533 g/mol. The van der Waals surface area contributed by atoms with E-state index in [1.54, 1.807) is 7.05 Å². The predicted octanol–water partition coefficient (Wildman–Crippen LogP) is 2.20. The van der Waals surface area contributed by atoms with Crippen LogP contribution in [0.15, 0.2) is 64.5 Å². The van der Waals surface area contributed by atoms with Gasteiger partial charge in [-0.1, -0.05) is 36.4 Å². The van der Waals surface area contributed by atoms with Crippen molar-refractivity contribution >= 4 is 45.6 Å². The molecule has 0 aromatic heterocycles. The number of hydrogen-bond acceptors (Lipinski definition) is 5. The minimum atomic E-state index is -3.84. The summed E-state index contributed by atoms with van der Waals surface area (Å²) in [5.41, 5.74) is 0.850. The van der Waals surface area contributed by atoms with E-state index in [-0.39, 0.29) is 41.1 Å². The Morgan fingerprint density at radius 3 is 2.45 bits per heavy atom. The molecule has 0 saturated heterocycles. The first kappa shape index (κ1) is 24.8. The lowest BCUT2D eigenvalue weighted by molar-refractivity contribution is -0.385. The monoisotopic (exact) mass is 533 g/mol. The number of guanidine groups is 1. The van der Waals surface area contributed by atoms with Crippen LogP contribution in [0.1, 0.15) is 5.56 Å². The second-order valence-electron chi connectivity index (χ2n) is 5.97. The van der Waals surface area contributed by atoms with E-state index < -0.39 is 14.9 Å². The van der Waals surface area contributed by atoms with Crippen LogP contribution in [0.25, 0.3) is 0 Å². The van der Waals surface area contributed by atoms with Gasteiger partial charge in [-0.25, -0.2) is 13.1 Å². The molecule has 0 radical (unpaired) electrons. The summed E-state index contributed by atoms with van der Waals surface area (Å²) >= 11 is 0. The van der Waals surface area contributed by atoms with Crippen LogP contribution in [0.5, 0.6) is 0 Å². The third-order valence-corrected chi connectivity index (χ3v) is 5.33. The molecule has 158 valence electrons. The third kappa shape index (κ3) is 7.59. The Hall–Kier alpha value is -2.25. The van der Waals surface area contributed by atoms with E-state index in [2.05, 4.69) is 15.0 Å². The molecule has 2 rings (SSSR count). The zero-order chi connectivity index (χ0) is 20.6. The summed E-state index contributed by atoms with van der Waals surface area (Å²) in [6.45, 7) is 1.06. The van der Waals surface area contributed by atoms with E-state index in [0.29, 0.717) is 19.0 Å². The lowest BCUT2D eigenvalue weighted by Gasteiger charge is -2.22. The molecule has 0 spiro atoms. The maximum atomic E-state index is 12.3. The van der Waals surface area contributed by atoms with Crippen LogP contribution in [-0.4, -0.2) is 51.4 Å². The maximum absolute atomic E-state index is 12.3. The fourth-order valence-corrected chi connectivity index (χ4v) is 3.60. The largest absolute Gasteiger partial charge is 0.355 e. The molecule has 2 aromatic carbocycles. The first-order valence-corrected chi connectivity index (χ1v) is 10.0. The summed E-state index contributed by atoms with van der Waals surface area (Å²) in [4.78, 5) is 16.1. The SMILES string of the molecule is CN=C(NCCNS(=O)(=O)c1cccc([N+](=O)[O-])c1)N(C)Cc1ccccc1.I. The van der Waals surface area contributed by atoms with Crippen LogP contribution >= 0.6 is 24.0 Å². The smallest absolute Gasteiger partial charge is 0.270 e. The number of aliphatic imine (C=N–C) groups is 1. The average Bonchev–Trinajstić information content (AvgIpc) is 2.68. The first-order chi connectivity index (χ1) is 13.3. The van der Waals surface area contributed by atoms with Gasteiger partial charge in [-0.15, -0.1) is 24.0 Å². The standard InChI is InChI=1S/C18H23N5O4S.HI/c1-19-18(22(2)14-15-7-4-3-5-8-15)20-11-12-21-28(26,27)17-10-6-9-16(13-17)23(24)25;/h3-10,13,21H,11-12,14H2,1-2H3,(H,19,20);1H. The van der Waals surface area contributed by atoms with E-state index in [9.17, 15) is 18.5 Å². The molecule has 2 aromatic rings. The highest BCUT2D eigenvalue weighted by atomic mass is 127. The van der Waals surface area contributed by atoms with Crippen molar-refractivity contribution in [3.8, 4) is 0 Å². The van der Waals surface area contributed by atoms with Crippen LogP contribution in [0.3, 0.4) is 0 Å². The Bertz CT molecular complexity index is 938. The van der Waals surface area contributed by atoms with Gasteiger partial charge in [-0.2, -0.15) is 0 Å². The fourth-order valence-electron chi connectivity index (χ4n) is 2.52. The number of rotatable bonds is 8. The topological polar surface area (TPSA) is 117 Å². The van der Waals surface area contributed by atoms with Gasteiger partial charge >= 0.3 is 0 Å². The number of benzene rings is 2. The molecule has 0 aliphatic carbocycles.